The molecule has 5 nitrogen and oxygen atoms in total. The summed E-state index contributed by atoms with van der Waals surface area (Å²) in [7, 11) is -4.00. The largest absolute Gasteiger partial charge is 0.379 e. The number of benzene rings is 1. The molecule has 1 unspecified atom stereocenters. The molecule has 1 atom stereocenters. The van der Waals surface area contributed by atoms with Crippen LogP contribution in [0.1, 0.15) is 6.92 Å². The molecule has 1 rings (SSSR count). The van der Waals surface area contributed by atoms with Gasteiger partial charge in [0.05, 0.1) is 11.1 Å². The topological polar surface area (TPSA) is 101 Å². The highest BCUT2D eigenvalue weighted by molar-refractivity contribution is 7.85. The minimum Gasteiger partial charge on any atom is -0.379 e. The summed E-state index contributed by atoms with van der Waals surface area (Å²) < 4.78 is 29.2. The second-order valence-corrected chi connectivity index (χ2v) is 3.95. The highest BCUT2D eigenvalue weighted by Crippen LogP contribution is 2.05. The van der Waals surface area contributed by atoms with Crippen LogP contribution in [0.15, 0.2) is 35.2 Å². The zero-order valence-corrected chi connectivity index (χ0v) is 8.48. The van der Waals surface area contributed by atoms with Gasteiger partial charge in [0.2, 0.25) is 0 Å². The first-order valence-electron chi connectivity index (χ1n) is 3.80. The molecule has 6 heteroatoms. The molecule has 1 aromatic carbocycles. The van der Waals surface area contributed by atoms with Gasteiger partial charge in [0, 0.05) is 0 Å². The third kappa shape index (κ3) is 6.55. The maximum absolute atomic E-state index is 10.4. The molecule has 1 aromatic rings. The maximum atomic E-state index is 10.4. The molecular weight excluding hydrogens is 206 g/mol. The van der Waals surface area contributed by atoms with Crippen LogP contribution in [0.5, 0.6) is 0 Å². The second-order valence-electron chi connectivity index (χ2n) is 2.53. The van der Waals surface area contributed by atoms with Gasteiger partial charge >= 0.3 is 0 Å². The van der Waals surface area contributed by atoms with Crippen LogP contribution in [0, 0.1) is 0 Å². The molecule has 0 radical (unpaired) electrons. The predicted molar refractivity (Wildman–Crippen MR) is 52.1 cm³/mol. The van der Waals surface area contributed by atoms with Crippen LogP contribution in [0.4, 0.5) is 0 Å². The van der Waals surface area contributed by atoms with Gasteiger partial charge in [-0.25, -0.2) is 0 Å². The quantitative estimate of drug-likeness (QED) is 0.463. The average Bonchev–Trinajstić information content (AvgIpc) is 2.03. The lowest BCUT2D eigenvalue weighted by Gasteiger charge is -1.92. The fourth-order valence-corrected chi connectivity index (χ4v) is 1.09. The molecule has 0 amide bonds. The lowest BCUT2D eigenvalue weighted by atomic mass is 10.4. The average molecular weight is 219 g/mol. The van der Waals surface area contributed by atoms with Crippen LogP contribution in [0.3, 0.4) is 0 Å². The monoisotopic (exact) mass is 219 g/mol. The number of hydrogen-bond donors (Lipinski definition) is 3. The zero-order chi connectivity index (χ0) is 11.2. The van der Waals surface area contributed by atoms with Crippen molar-refractivity contribution >= 4 is 10.1 Å². The minimum atomic E-state index is -4.00. The van der Waals surface area contributed by atoms with Gasteiger partial charge in [-0.05, 0) is 19.1 Å². The summed E-state index contributed by atoms with van der Waals surface area (Å²) >= 11 is 0. The number of hydrogen-bond acceptors (Lipinski definition) is 4. The summed E-state index contributed by atoms with van der Waals surface area (Å²) in [6.07, 6.45) is -0.667. The van der Waals surface area contributed by atoms with Crippen LogP contribution in [0.25, 0.3) is 0 Å². The first-order chi connectivity index (χ1) is 6.34. The van der Waals surface area contributed by atoms with Crippen LogP contribution < -0.4 is 5.73 Å². The van der Waals surface area contributed by atoms with E-state index in [4.69, 9.17) is 9.66 Å². The summed E-state index contributed by atoms with van der Waals surface area (Å²) in [4.78, 5) is -0.0741. The van der Waals surface area contributed by atoms with Gasteiger partial charge in [-0.1, -0.05) is 18.2 Å². The highest BCUT2D eigenvalue weighted by Gasteiger charge is 2.05. The molecule has 0 saturated heterocycles. The molecule has 0 aromatic heterocycles. The molecule has 14 heavy (non-hydrogen) atoms. The Hall–Kier alpha value is -0.950. The van der Waals surface area contributed by atoms with Crippen molar-refractivity contribution in [3.05, 3.63) is 30.3 Å². The van der Waals surface area contributed by atoms with Crippen LogP contribution in [0.2, 0.25) is 0 Å². The Bertz CT molecular complexity index is 344. The fraction of sp³-hybridized carbons (Fsp3) is 0.250. The first kappa shape index (κ1) is 13.1. The fourth-order valence-electron chi connectivity index (χ4n) is 0.592. The standard InChI is InChI=1S/C6H6O3S.C2H7NO/c7-10(8,9)6-4-2-1-3-5-6;1-2(3)4/h1-5H,(H,7,8,9);2,4H,3H2,1H3. The Morgan fingerprint density at radius 2 is 1.64 bits per heavy atom. The Morgan fingerprint density at radius 1 is 1.29 bits per heavy atom. The van der Waals surface area contributed by atoms with E-state index in [0.717, 1.165) is 0 Å². The Balaban J connectivity index is 0.000000364. The molecule has 0 fully saturated rings. The van der Waals surface area contributed by atoms with Crippen molar-refractivity contribution in [1.82, 2.24) is 0 Å². The van der Waals surface area contributed by atoms with Gasteiger partial charge in [0.15, 0.2) is 0 Å². The molecule has 0 aliphatic heterocycles. The van der Waals surface area contributed by atoms with Crippen molar-refractivity contribution in [3.63, 3.8) is 0 Å². The van der Waals surface area contributed by atoms with Gasteiger partial charge in [-0.3, -0.25) is 4.55 Å². The van der Waals surface area contributed by atoms with E-state index in [0.29, 0.717) is 0 Å². The van der Waals surface area contributed by atoms with E-state index in [1.54, 1.807) is 18.2 Å². The third-order valence-electron chi connectivity index (χ3n) is 1.04. The van der Waals surface area contributed by atoms with Crippen molar-refractivity contribution in [2.45, 2.75) is 18.0 Å². The van der Waals surface area contributed by atoms with Crippen molar-refractivity contribution in [3.8, 4) is 0 Å². The molecule has 80 valence electrons. The summed E-state index contributed by atoms with van der Waals surface area (Å²) in [5.74, 6) is 0. The van der Waals surface area contributed by atoms with Crippen molar-refractivity contribution in [1.29, 1.82) is 0 Å². The molecule has 0 spiro atoms. The van der Waals surface area contributed by atoms with Gasteiger partial charge < -0.3 is 10.8 Å². The summed E-state index contributed by atoms with van der Waals surface area (Å²) in [6, 6.07) is 7.42. The van der Waals surface area contributed by atoms with Gasteiger partial charge in [0.1, 0.15) is 0 Å². The molecule has 0 heterocycles. The summed E-state index contributed by atoms with van der Waals surface area (Å²) in [5, 5.41) is 7.83. The number of aliphatic hydroxyl groups is 1. The van der Waals surface area contributed by atoms with E-state index in [1.165, 1.54) is 19.1 Å². The molecule has 0 saturated carbocycles. The van der Waals surface area contributed by atoms with Crippen LogP contribution in [-0.2, 0) is 10.1 Å². The molecular formula is C8H13NO4S. The first-order valence-corrected chi connectivity index (χ1v) is 5.24. The second kappa shape index (κ2) is 5.71. The lowest BCUT2D eigenvalue weighted by molar-refractivity contribution is 0.203. The number of aliphatic hydroxyl groups excluding tert-OH is 1. The predicted octanol–water partition coefficient (Wildman–Crippen LogP) is 0.217. The van der Waals surface area contributed by atoms with Crippen molar-refractivity contribution in [2.24, 2.45) is 5.73 Å². The minimum absolute atomic E-state index is 0.0741. The van der Waals surface area contributed by atoms with Crippen LogP contribution >= 0.6 is 0 Å². The van der Waals surface area contributed by atoms with Crippen LogP contribution in [-0.4, -0.2) is 24.3 Å². The van der Waals surface area contributed by atoms with E-state index < -0.39 is 16.3 Å². The van der Waals surface area contributed by atoms with E-state index in [-0.39, 0.29) is 4.90 Å². The van der Waals surface area contributed by atoms with E-state index in [1.807, 2.05) is 0 Å². The number of rotatable bonds is 1. The van der Waals surface area contributed by atoms with E-state index in [9.17, 15) is 8.42 Å². The zero-order valence-electron chi connectivity index (χ0n) is 7.66. The van der Waals surface area contributed by atoms with Gasteiger partial charge in [-0.2, -0.15) is 8.42 Å². The molecule has 4 N–H and O–H groups in total. The highest BCUT2D eigenvalue weighted by atomic mass is 32.2. The summed E-state index contributed by atoms with van der Waals surface area (Å²) in [6.45, 7) is 1.50. The lowest BCUT2D eigenvalue weighted by Crippen LogP contribution is -2.11. The maximum Gasteiger partial charge on any atom is 0.294 e. The molecule has 0 aliphatic carbocycles. The Labute approximate surface area is 82.9 Å². The van der Waals surface area contributed by atoms with Gasteiger partial charge in [0.25, 0.3) is 10.1 Å². The smallest absolute Gasteiger partial charge is 0.294 e. The Morgan fingerprint density at radius 3 is 1.86 bits per heavy atom. The Kier molecular flexibility index (Phi) is 5.32. The van der Waals surface area contributed by atoms with E-state index >= 15 is 0 Å². The third-order valence-corrected chi connectivity index (χ3v) is 1.91. The SMILES string of the molecule is CC(N)O.O=S(=O)(O)c1ccccc1. The van der Waals surface area contributed by atoms with Crippen molar-refractivity contribution < 1.29 is 18.1 Å². The van der Waals surface area contributed by atoms with E-state index in [2.05, 4.69) is 5.73 Å². The normalized spacial score (nSPS) is 12.6. The molecule has 0 aliphatic rings. The number of nitrogens with two attached hydrogens (primary N) is 1. The molecule has 0 bridgehead atoms. The van der Waals surface area contributed by atoms with Crippen molar-refractivity contribution in [2.75, 3.05) is 0 Å². The summed E-state index contributed by atoms with van der Waals surface area (Å²) in [5.41, 5.74) is 4.67. The van der Waals surface area contributed by atoms with Gasteiger partial charge in [-0.15, -0.1) is 0 Å².